The molecule has 1 N–H and O–H groups in total. The minimum Gasteiger partial charge on any atom is -0.317 e. The fourth-order valence-corrected chi connectivity index (χ4v) is 2.36. The minimum atomic E-state index is 0.641. The molecule has 0 radical (unpaired) electrons. The molecule has 2 rings (SSSR count). The summed E-state index contributed by atoms with van der Waals surface area (Å²) in [6.07, 6.45) is 6.80. The normalized spacial score (nSPS) is 17.4. The van der Waals surface area contributed by atoms with Crippen LogP contribution in [0.1, 0.15) is 31.2 Å². The topological polar surface area (TPSA) is 12.0 Å². The Labute approximate surface area is 107 Å². The van der Waals surface area contributed by atoms with E-state index in [1.807, 2.05) is 0 Å². The zero-order valence-corrected chi connectivity index (χ0v) is 11.5. The first-order valence-corrected chi connectivity index (χ1v) is 6.99. The van der Waals surface area contributed by atoms with Crippen molar-refractivity contribution in [2.24, 2.45) is 5.92 Å². The summed E-state index contributed by atoms with van der Waals surface area (Å²) in [6, 6.07) is 9.32. The molecular formula is C14H20BrN. The van der Waals surface area contributed by atoms with Crippen LogP contribution in [-0.4, -0.2) is 13.1 Å². The highest BCUT2D eigenvalue weighted by Gasteiger charge is 2.22. The van der Waals surface area contributed by atoms with Gasteiger partial charge < -0.3 is 5.32 Å². The Morgan fingerprint density at radius 2 is 2.00 bits per heavy atom. The van der Waals surface area contributed by atoms with E-state index in [-0.39, 0.29) is 0 Å². The molecule has 1 atom stereocenters. The minimum absolute atomic E-state index is 0.641. The van der Waals surface area contributed by atoms with Crippen LogP contribution < -0.4 is 5.32 Å². The van der Waals surface area contributed by atoms with Gasteiger partial charge in [0, 0.05) is 10.5 Å². The maximum atomic E-state index is 3.47. The lowest BCUT2D eigenvalue weighted by atomic mass is 10.0. The predicted molar refractivity (Wildman–Crippen MR) is 72.7 cm³/mol. The predicted octanol–water partition coefficient (Wildman–Crippen LogP) is 3.77. The third-order valence-electron chi connectivity index (χ3n) is 3.42. The van der Waals surface area contributed by atoms with Gasteiger partial charge in [-0.05, 0) is 49.9 Å². The van der Waals surface area contributed by atoms with Gasteiger partial charge in [0.2, 0.25) is 0 Å². The molecule has 1 unspecified atom stereocenters. The molecule has 1 fully saturated rings. The summed E-state index contributed by atoms with van der Waals surface area (Å²) in [5.41, 5.74) is 1.43. The largest absolute Gasteiger partial charge is 0.317 e. The molecule has 0 aliphatic heterocycles. The third-order valence-corrected chi connectivity index (χ3v) is 3.95. The Balaban J connectivity index is 1.82. The van der Waals surface area contributed by atoms with Gasteiger partial charge in [0.15, 0.2) is 0 Å². The second kappa shape index (κ2) is 5.83. The van der Waals surface area contributed by atoms with Gasteiger partial charge in [-0.3, -0.25) is 0 Å². The number of benzene rings is 1. The van der Waals surface area contributed by atoms with E-state index in [2.05, 4.69) is 52.6 Å². The second-order valence-corrected chi connectivity index (χ2v) is 5.75. The van der Waals surface area contributed by atoms with Gasteiger partial charge in [0.1, 0.15) is 0 Å². The maximum Gasteiger partial charge on any atom is 0.0175 e. The van der Waals surface area contributed by atoms with E-state index < -0.39 is 0 Å². The molecule has 1 aliphatic carbocycles. The second-order valence-electron chi connectivity index (χ2n) is 4.84. The molecule has 0 bridgehead atoms. The number of likely N-dealkylation sites (N-methyl/N-ethyl adjacent to an activating group) is 1. The Hall–Kier alpha value is -0.340. The SMILES string of the molecule is CNC(CCC1CC1)Cc1ccc(Br)cc1. The van der Waals surface area contributed by atoms with Crippen LogP contribution in [0.2, 0.25) is 0 Å². The number of hydrogen-bond donors (Lipinski definition) is 1. The molecule has 0 heterocycles. The Bertz CT molecular complexity index is 316. The van der Waals surface area contributed by atoms with Gasteiger partial charge in [-0.25, -0.2) is 0 Å². The van der Waals surface area contributed by atoms with Gasteiger partial charge >= 0.3 is 0 Å². The summed E-state index contributed by atoms with van der Waals surface area (Å²) in [4.78, 5) is 0. The van der Waals surface area contributed by atoms with E-state index in [1.165, 1.54) is 31.2 Å². The zero-order valence-electron chi connectivity index (χ0n) is 9.88. The summed E-state index contributed by atoms with van der Waals surface area (Å²) in [7, 11) is 2.08. The molecular weight excluding hydrogens is 262 g/mol. The molecule has 88 valence electrons. The van der Waals surface area contributed by atoms with Crippen molar-refractivity contribution >= 4 is 15.9 Å². The molecule has 16 heavy (non-hydrogen) atoms. The summed E-state index contributed by atoms with van der Waals surface area (Å²) in [6.45, 7) is 0. The van der Waals surface area contributed by atoms with Gasteiger partial charge in [-0.1, -0.05) is 40.9 Å². The first-order chi connectivity index (χ1) is 7.78. The molecule has 0 saturated heterocycles. The lowest BCUT2D eigenvalue weighted by Gasteiger charge is -2.16. The summed E-state index contributed by atoms with van der Waals surface area (Å²) in [5, 5.41) is 3.44. The summed E-state index contributed by atoms with van der Waals surface area (Å²) >= 11 is 3.47. The number of nitrogens with one attached hydrogen (secondary N) is 1. The average Bonchev–Trinajstić information content (AvgIpc) is 3.11. The lowest BCUT2D eigenvalue weighted by Crippen LogP contribution is -2.27. The van der Waals surface area contributed by atoms with Crippen molar-refractivity contribution in [2.45, 2.75) is 38.1 Å². The van der Waals surface area contributed by atoms with E-state index in [1.54, 1.807) is 0 Å². The standard InChI is InChI=1S/C14H20BrN/c1-16-14(9-6-11-2-3-11)10-12-4-7-13(15)8-5-12/h4-5,7-8,11,14,16H,2-3,6,9-10H2,1H3. The molecule has 0 spiro atoms. The molecule has 1 aromatic carbocycles. The molecule has 1 aromatic rings. The van der Waals surface area contributed by atoms with Crippen LogP contribution in [0, 0.1) is 5.92 Å². The van der Waals surface area contributed by atoms with E-state index in [9.17, 15) is 0 Å². The fourth-order valence-electron chi connectivity index (χ4n) is 2.10. The first-order valence-electron chi connectivity index (χ1n) is 6.19. The smallest absolute Gasteiger partial charge is 0.0175 e. The molecule has 1 aliphatic rings. The van der Waals surface area contributed by atoms with Crippen molar-refractivity contribution in [3.05, 3.63) is 34.3 Å². The van der Waals surface area contributed by atoms with Crippen LogP contribution in [0.5, 0.6) is 0 Å². The van der Waals surface area contributed by atoms with Crippen LogP contribution in [0.15, 0.2) is 28.7 Å². The van der Waals surface area contributed by atoms with Gasteiger partial charge in [-0.2, -0.15) is 0 Å². The number of rotatable bonds is 6. The third kappa shape index (κ3) is 3.91. The quantitative estimate of drug-likeness (QED) is 0.837. The van der Waals surface area contributed by atoms with Gasteiger partial charge in [-0.15, -0.1) is 0 Å². The van der Waals surface area contributed by atoms with E-state index in [0.717, 1.165) is 16.8 Å². The van der Waals surface area contributed by atoms with Crippen molar-refractivity contribution in [3.63, 3.8) is 0 Å². The molecule has 2 heteroatoms. The fraction of sp³-hybridized carbons (Fsp3) is 0.571. The van der Waals surface area contributed by atoms with E-state index >= 15 is 0 Å². The van der Waals surface area contributed by atoms with Crippen molar-refractivity contribution in [1.29, 1.82) is 0 Å². The highest BCUT2D eigenvalue weighted by Crippen LogP contribution is 2.34. The number of hydrogen-bond acceptors (Lipinski definition) is 1. The van der Waals surface area contributed by atoms with E-state index in [4.69, 9.17) is 0 Å². The van der Waals surface area contributed by atoms with Crippen molar-refractivity contribution < 1.29 is 0 Å². The van der Waals surface area contributed by atoms with E-state index in [0.29, 0.717) is 6.04 Å². The van der Waals surface area contributed by atoms with Crippen molar-refractivity contribution in [3.8, 4) is 0 Å². The maximum absolute atomic E-state index is 3.47. The van der Waals surface area contributed by atoms with Crippen LogP contribution in [0.4, 0.5) is 0 Å². The van der Waals surface area contributed by atoms with Crippen LogP contribution in [0.3, 0.4) is 0 Å². The summed E-state index contributed by atoms with van der Waals surface area (Å²) in [5.74, 6) is 1.04. The Kier molecular flexibility index (Phi) is 4.42. The zero-order chi connectivity index (χ0) is 11.4. The first kappa shape index (κ1) is 12.1. The summed E-state index contributed by atoms with van der Waals surface area (Å²) < 4.78 is 1.16. The van der Waals surface area contributed by atoms with Gasteiger partial charge in [0.25, 0.3) is 0 Å². The Morgan fingerprint density at radius 3 is 2.56 bits per heavy atom. The average molecular weight is 282 g/mol. The van der Waals surface area contributed by atoms with Crippen LogP contribution >= 0.6 is 15.9 Å². The van der Waals surface area contributed by atoms with Crippen molar-refractivity contribution in [1.82, 2.24) is 5.32 Å². The highest BCUT2D eigenvalue weighted by molar-refractivity contribution is 9.10. The van der Waals surface area contributed by atoms with Crippen molar-refractivity contribution in [2.75, 3.05) is 7.05 Å². The lowest BCUT2D eigenvalue weighted by molar-refractivity contribution is 0.485. The molecule has 0 amide bonds. The van der Waals surface area contributed by atoms with Crippen LogP contribution in [-0.2, 0) is 6.42 Å². The molecule has 0 aromatic heterocycles. The molecule has 1 nitrogen and oxygen atoms in total. The molecule has 1 saturated carbocycles. The van der Waals surface area contributed by atoms with Crippen LogP contribution in [0.25, 0.3) is 0 Å². The number of halogens is 1. The Morgan fingerprint density at radius 1 is 1.31 bits per heavy atom. The van der Waals surface area contributed by atoms with Gasteiger partial charge in [0.05, 0.1) is 0 Å². The highest BCUT2D eigenvalue weighted by atomic mass is 79.9. The monoisotopic (exact) mass is 281 g/mol.